The summed E-state index contributed by atoms with van der Waals surface area (Å²) in [5.41, 5.74) is 10.8. The third-order valence-corrected chi connectivity index (χ3v) is 7.31. The van der Waals surface area contributed by atoms with E-state index in [4.69, 9.17) is 10.7 Å². The van der Waals surface area contributed by atoms with Crippen LogP contribution in [0.15, 0.2) is 30.3 Å². The van der Waals surface area contributed by atoms with Crippen LogP contribution in [-0.4, -0.2) is 31.0 Å². The van der Waals surface area contributed by atoms with Gasteiger partial charge in [0.25, 0.3) is 5.91 Å². The van der Waals surface area contributed by atoms with Crippen molar-refractivity contribution in [2.24, 2.45) is 0 Å². The summed E-state index contributed by atoms with van der Waals surface area (Å²) in [7, 11) is 1.81. The average molecular weight is 407 g/mol. The summed E-state index contributed by atoms with van der Waals surface area (Å²) in [6, 6.07) is 9.70. The first-order valence-corrected chi connectivity index (χ1v) is 11.3. The molecule has 3 aromatic rings. The minimum atomic E-state index is -0.0658. The third kappa shape index (κ3) is 3.06. The van der Waals surface area contributed by atoms with Crippen LogP contribution in [0.5, 0.6) is 0 Å². The van der Waals surface area contributed by atoms with Crippen molar-refractivity contribution < 1.29 is 4.79 Å². The van der Waals surface area contributed by atoms with Crippen LogP contribution in [0, 0.1) is 0 Å². The fraction of sp³-hybridized carbons (Fsp3) is 0.391. The number of rotatable bonds is 3. The Morgan fingerprint density at radius 2 is 1.76 bits per heavy atom. The molecular weight excluding hydrogens is 380 g/mol. The van der Waals surface area contributed by atoms with Crippen molar-refractivity contribution in [2.75, 3.05) is 35.7 Å². The minimum Gasteiger partial charge on any atom is -0.397 e. The molecule has 1 aromatic carbocycles. The van der Waals surface area contributed by atoms with E-state index >= 15 is 0 Å². The highest BCUT2D eigenvalue weighted by atomic mass is 32.1. The number of hydrogen-bond donors (Lipinski definition) is 1. The fourth-order valence-electron chi connectivity index (χ4n) is 4.66. The Morgan fingerprint density at radius 3 is 2.48 bits per heavy atom. The number of aryl methyl sites for hydroxylation is 1. The van der Waals surface area contributed by atoms with Crippen LogP contribution in [0.2, 0.25) is 0 Å². The van der Waals surface area contributed by atoms with Gasteiger partial charge in [-0.15, -0.1) is 11.3 Å². The van der Waals surface area contributed by atoms with E-state index in [1.165, 1.54) is 48.1 Å². The topological polar surface area (TPSA) is 62.5 Å². The van der Waals surface area contributed by atoms with Gasteiger partial charge in [-0.1, -0.05) is 18.2 Å². The van der Waals surface area contributed by atoms with E-state index in [-0.39, 0.29) is 5.91 Å². The van der Waals surface area contributed by atoms with Gasteiger partial charge >= 0.3 is 0 Å². The summed E-state index contributed by atoms with van der Waals surface area (Å²) in [6.07, 6.45) is 6.92. The Bertz CT molecular complexity index is 1070. The van der Waals surface area contributed by atoms with E-state index in [0.29, 0.717) is 10.6 Å². The maximum atomic E-state index is 13.3. The summed E-state index contributed by atoms with van der Waals surface area (Å²) in [5, 5.41) is 1.03. The first-order valence-electron chi connectivity index (χ1n) is 10.5. The normalized spacial score (nSPS) is 16.2. The molecule has 0 radical (unpaired) electrons. The van der Waals surface area contributed by atoms with Gasteiger partial charge in [-0.3, -0.25) is 4.79 Å². The predicted molar refractivity (Wildman–Crippen MR) is 121 cm³/mol. The molecular formula is C23H26N4OS. The number of anilines is 3. The van der Waals surface area contributed by atoms with Crippen molar-refractivity contribution in [1.29, 1.82) is 0 Å². The number of nitrogens with two attached hydrogens (primary N) is 1. The lowest BCUT2D eigenvalue weighted by molar-refractivity contribution is 0.0997. The maximum Gasteiger partial charge on any atom is 0.270 e. The van der Waals surface area contributed by atoms with Crippen LogP contribution >= 0.6 is 11.3 Å². The number of benzene rings is 1. The highest BCUT2D eigenvalue weighted by Crippen LogP contribution is 2.43. The van der Waals surface area contributed by atoms with Gasteiger partial charge in [0, 0.05) is 31.2 Å². The van der Waals surface area contributed by atoms with E-state index in [9.17, 15) is 4.79 Å². The predicted octanol–water partition coefficient (Wildman–Crippen LogP) is 4.63. The van der Waals surface area contributed by atoms with Gasteiger partial charge in [0.15, 0.2) is 0 Å². The molecule has 0 bridgehead atoms. The average Bonchev–Trinajstić information content (AvgIpc) is 3.41. The van der Waals surface area contributed by atoms with E-state index < -0.39 is 0 Å². The van der Waals surface area contributed by atoms with Crippen molar-refractivity contribution in [1.82, 2.24) is 4.98 Å². The van der Waals surface area contributed by atoms with Crippen LogP contribution in [-0.2, 0) is 12.8 Å². The Kier molecular flexibility index (Phi) is 4.66. The smallest absolute Gasteiger partial charge is 0.270 e. The van der Waals surface area contributed by atoms with Crippen LogP contribution in [0.25, 0.3) is 10.2 Å². The molecule has 0 saturated carbocycles. The zero-order chi connectivity index (χ0) is 20.0. The summed E-state index contributed by atoms with van der Waals surface area (Å²) < 4.78 is 0. The second-order valence-corrected chi connectivity index (χ2v) is 9.02. The Balaban J connectivity index is 1.63. The van der Waals surface area contributed by atoms with Gasteiger partial charge in [-0.2, -0.15) is 0 Å². The lowest BCUT2D eigenvalue weighted by Crippen LogP contribution is -2.26. The van der Waals surface area contributed by atoms with Gasteiger partial charge in [0.1, 0.15) is 15.5 Å². The third-order valence-electron chi connectivity index (χ3n) is 6.22. The molecule has 2 N–H and O–H groups in total. The maximum absolute atomic E-state index is 13.3. The molecule has 0 unspecified atom stereocenters. The zero-order valence-electron chi connectivity index (χ0n) is 16.8. The molecule has 3 heterocycles. The molecule has 2 aromatic heterocycles. The molecule has 1 saturated heterocycles. The molecule has 5 rings (SSSR count). The number of pyridine rings is 1. The number of amides is 1. The number of aromatic nitrogens is 1. The number of fused-ring (bicyclic) bond motifs is 3. The van der Waals surface area contributed by atoms with Gasteiger partial charge in [-0.25, -0.2) is 4.98 Å². The van der Waals surface area contributed by atoms with Gasteiger partial charge in [-0.05, 0) is 61.8 Å². The van der Waals surface area contributed by atoms with E-state index in [2.05, 4.69) is 4.90 Å². The molecule has 0 spiro atoms. The second kappa shape index (κ2) is 7.34. The summed E-state index contributed by atoms with van der Waals surface area (Å²) in [5.74, 6) is 1.07. The Labute approximate surface area is 175 Å². The monoisotopic (exact) mass is 406 g/mol. The minimum absolute atomic E-state index is 0.0658. The van der Waals surface area contributed by atoms with Crippen LogP contribution in [0.4, 0.5) is 17.2 Å². The highest BCUT2D eigenvalue weighted by molar-refractivity contribution is 7.21. The first kappa shape index (κ1) is 18.4. The van der Waals surface area contributed by atoms with Gasteiger partial charge < -0.3 is 15.5 Å². The number of hydrogen-bond acceptors (Lipinski definition) is 5. The molecule has 0 atom stereocenters. The number of carbonyl (C=O) groups is 1. The van der Waals surface area contributed by atoms with Crippen molar-refractivity contribution in [3.63, 3.8) is 0 Å². The fourth-order valence-corrected chi connectivity index (χ4v) is 5.76. The van der Waals surface area contributed by atoms with Crippen molar-refractivity contribution >= 4 is 44.7 Å². The first-order chi connectivity index (χ1) is 14.1. The Hall–Kier alpha value is -2.60. The molecule has 5 nitrogen and oxygen atoms in total. The lowest BCUT2D eigenvalue weighted by Gasteiger charge is -2.25. The summed E-state index contributed by atoms with van der Waals surface area (Å²) >= 11 is 1.45. The van der Waals surface area contributed by atoms with E-state index in [1.54, 1.807) is 11.9 Å². The largest absolute Gasteiger partial charge is 0.397 e. The number of thiophene rings is 1. The van der Waals surface area contributed by atoms with Crippen LogP contribution in [0.1, 0.15) is 46.5 Å². The molecule has 29 heavy (non-hydrogen) atoms. The summed E-state index contributed by atoms with van der Waals surface area (Å²) in [6.45, 7) is 2.16. The molecule has 1 aliphatic heterocycles. The van der Waals surface area contributed by atoms with E-state index in [0.717, 1.165) is 47.7 Å². The van der Waals surface area contributed by atoms with Crippen LogP contribution < -0.4 is 15.5 Å². The van der Waals surface area contributed by atoms with E-state index in [1.807, 2.05) is 30.3 Å². The van der Waals surface area contributed by atoms with Crippen molar-refractivity contribution in [3.8, 4) is 0 Å². The standard InChI is InChI=1S/C23H26N4OS/c1-26(15-9-3-2-4-10-15)23(28)20-19(24)18-16-11-5-6-12-17(16)21(25-22(18)29-20)27-13-7-8-14-27/h2-4,9-10H,5-8,11-14,24H2,1H3. The molecule has 6 heteroatoms. The quantitative estimate of drug-likeness (QED) is 0.689. The van der Waals surface area contributed by atoms with Gasteiger partial charge in [0.2, 0.25) is 0 Å². The molecule has 150 valence electrons. The number of nitrogens with zero attached hydrogens (tertiary/aromatic N) is 3. The molecule has 2 aliphatic rings. The van der Waals surface area contributed by atoms with Gasteiger partial charge in [0.05, 0.1) is 5.69 Å². The lowest BCUT2D eigenvalue weighted by atomic mass is 9.89. The highest BCUT2D eigenvalue weighted by Gasteiger charge is 2.29. The number of carbonyl (C=O) groups excluding carboxylic acids is 1. The number of nitrogen functional groups attached to an aromatic ring is 1. The molecule has 1 aliphatic carbocycles. The van der Waals surface area contributed by atoms with Crippen molar-refractivity contribution in [2.45, 2.75) is 38.5 Å². The molecule has 1 amide bonds. The number of para-hydroxylation sites is 1. The second-order valence-electron chi connectivity index (χ2n) is 8.02. The summed E-state index contributed by atoms with van der Waals surface area (Å²) in [4.78, 5) is 23.9. The van der Waals surface area contributed by atoms with Crippen molar-refractivity contribution in [3.05, 3.63) is 46.3 Å². The SMILES string of the molecule is CN(C(=O)c1sc2nc(N3CCCC3)c3c(c2c1N)CCCC3)c1ccccc1. The Morgan fingerprint density at radius 1 is 1.07 bits per heavy atom. The zero-order valence-corrected chi connectivity index (χ0v) is 17.6. The van der Waals surface area contributed by atoms with Crippen LogP contribution in [0.3, 0.4) is 0 Å². The molecule has 1 fully saturated rings.